The lowest BCUT2D eigenvalue weighted by atomic mass is 9.77. The molecular formula is C18H23BClN3O2. The molecule has 2 heterocycles. The van der Waals surface area contributed by atoms with Crippen molar-refractivity contribution in [2.75, 3.05) is 13.6 Å². The number of hydrogen-bond donors (Lipinski definition) is 1. The summed E-state index contributed by atoms with van der Waals surface area (Å²) in [7, 11) is 1.51. The molecule has 0 amide bonds. The lowest BCUT2D eigenvalue weighted by Gasteiger charge is -2.32. The van der Waals surface area contributed by atoms with Gasteiger partial charge in [0.25, 0.3) is 0 Å². The normalized spacial score (nSPS) is 19.6. The fourth-order valence-electron chi connectivity index (χ4n) is 2.75. The molecular weight excluding hydrogens is 336 g/mol. The lowest BCUT2D eigenvalue weighted by Crippen LogP contribution is -2.41. The zero-order valence-corrected chi connectivity index (χ0v) is 16.0. The van der Waals surface area contributed by atoms with E-state index >= 15 is 0 Å². The molecule has 0 unspecified atom stereocenters. The third-order valence-electron chi connectivity index (χ3n) is 4.90. The Hall–Kier alpha value is -1.47. The van der Waals surface area contributed by atoms with Gasteiger partial charge in [-0.1, -0.05) is 23.7 Å². The second-order valence-corrected chi connectivity index (χ2v) is 7.64. The van der Waals surface area contributed by atoms with Gasteiger partial charge in [0.2, 0.25) is 0 Å². The summed E-state index contributed by atoms with van der Waals surface area (Å²) in [5.41, 5.74) is 2.11. The Labute approximate surface area is 153 Å². The quantitative estimate of drug-likeness (QED) is 0.668. The highest BCUT2D eigenvalue weighted by Gasteiger charge is 2.52. The van der Waals surface area contributed by atoms with Crippen molar-refractivity contribution in [3.8, 4) is 0 Å². The predicted octanol–water partition coefficient (Wildman–Crippen LogP) is 3.52. The average Bonchev–Trinajstić information content (AvgIpc) is 2.76. The van der Waals surface area contributed by atoms with Crippen molar-refractivity contribution in [3.63, 3.8) is 0 Å². The minimum absolute atomic E-state index is 0.370. The topological polar surface area (TPSA) is 56.3 Å². The summed E-state index contributed by atoms with van der Waals surface area (Å²) < 4.78 is 12.4. The van der Waals surface area contributed by atoms with Crippen LogP contribution in [0.3, 0.4) is 0 Å². The van der Waals surface area contributed by atoms with Crippen LogP contribution in [-0.2, 0) is 9.31 Å². The number of benzene rings is 1. The third kappa shape index (κ3) is 3.58. The summed E-state index contributed by atoms with van der Waals surface area (Å²) >= 11 is 6.20. The van der Waals surface area contributed by atoms with E-state index in [1.54, 1.807) is 0 Å². The summed E-state index contributed by atoms with van der Waals surface area (Å²) in [4.78, 5) is 8.29. The first-order chi connectivity index (χ1) is 11.7. The number of nitrogens with one attached hydrogen (secondary N) is 1. The van der Waals surface area contributed by atoms with Crippen LogP contribution in [0.2, 0.25) is 5.15 Å². The highest BCUT2D eigenvalue weighted by Crippen LogP contribution is 2.38. The van der Waals surface area contributed by atoms with Crippen molar-refractivity contribution in [2.45, 2.75) is 38.9 Å². The van der Waals surface area contributed by atoms with Gasteiger partial charge in [-0.3, -0.25) is 0 Å². The molecule has 1 saturated heterocycles. The maximum absolute atomic E-state index is 6.20. The average molecular weight is 360 g/mol. The molecule has 0 radical (unpaired) electrons. The number of likely N-dealkylation sites (N-methyl/N-ethyl adjacent to an activating group) is 1. The highest BCUT2D eigenvalue weighted by molar-refractivity contribution is 6.56. The fourth-order valence-corrected chi connectivity index (χ4v) is 2.94. The van der Waals surface area contributed by atoms with Gasteiger partial charge in [-0.25, -0.2) is 9.97 Å². The van der Waals surface area contributed by atoms with Gasteiger partial charge >= 0.3 is 7.12 Å². The van der Waals surface area contributed by atoms with Gasteiger partial charge in [0.05, 0.1) is 16.7 Å². The van der Waals surface area contributed by atoms with E-state index in [9.17, 15) is 0 Å². The van der Waals surface area contributed by atoms with Gasteiger partial charge in [0.15, 0.2) is 0 Å². The number of aromatic nitrogens is 2. The van der Waals surface area contributed by atoms with Crippen LogP contribution in [0.25, 0.3) is 17.0 Å². The Morgan fingerprint density at radius 3 is 2.52 bits per heavy atom. The summed E-state index contributed by atoms with van der Waals surface area (Å²) in [6.45, 7) is 8.87. The van der Waals surface area contributed by atoms with E-state index in [1.807, 2.05) is 25.2 Å². The van der Waals surface area contributed by atoms with E-state index in [4.69, 9.17) is 20.9 Å². The lowest BCUT2D eigenvalue weighted by molar-refractivity contribution is 0.00578. The highest BCUT2D eigenvalue weighted by atomic mass is 35.5. The second-order valence-electron chi connectivity index (χ2n) is 7.28. The number of rotatable bonds is 4. The molecule has 0 saturated carbocycles. The number of nitrogens with zero attached hydrogens (tertiary/aromatic N) is 2. The molecule has 132 valence electrons. The van der Waals surface area contributed by atoms with Crippen LogP contribution in [0.1, 0.15) is 33.3 Å². The van der Waals surface area contributed by atoms with Gasteiger partial charge < -0.3 is 14.6 Å². The van der Waals surface area contributed by atoms with E-state index in [-0.39, 0.29) is 11.2 Å². The standard InChI is InChI=1S/C18H23BClN3O2/c1-17(2)18(3,4)25-19(24-17)13(10-21-5)8-12-6-7-15-14(9-12)16(20)23-11-22-15/h6-9,11,21H,10H2,1-5H3. The van der Waals surface area contributed by atoms with E-state index < -0.39 is 7.12 Å². The van der Waals surface area contributed by atoms with Crippen LogP contribution in [0, 0.1) is 0 Å². The summed E-state index contributed by atoms with van der Waals surface area (Å²) in [6.07, 6.45) is 3.54. The monoisotopic (exact) mass is 359 g/mol. The molecule has 1 aromatic heterocycles. The van der Waals surface area contributed by atoms with Gasteiger partial charge in [-0.05, 0) is 57.9 Å². The van der Waals surface area contributed by atoms with Crippen LogP contribution in [-0.4, -0.2) is 41.9 Å². The van der Waals surface area contributed by atoms with Crippen molar-refractivity contribution in [1.82, 2.24) is 15.3 Å². The molecule has 1 aliphatic heterocycles. The summed E-state index contributed by atoms with van der Waals surface area (Å²) in [5.74, 6) is 0. The molecule has 1 aromatic carbocycles. The van der Waals surface area contributed by atoms with Crippen LogP contribution in [0.5, 0.6) is 0 Å². The van der Waals surface area contributed by atoms with Crippen molar-refractivity contribution in [1.29, 1.82) is 0 Å². The predicted molar refractivity (Wildman–Crippen MR) is 103 cm³/mol. The van der Waals surface area contributed by atoms with Crippen LogP contribution >= 0.6 is 11.6 Å². The van der Waals surface area contributed by atoms with Crippen molar-refractivity contribution < 1.29 is 9.31 Å². The Balaban J connectivity index is 1.97. The fraction of sp³-hybridized carbons (Fsp3) is 0.444. The molecule has 0 bridgehead atoms. The Morgan fingerprint density at radius 1 is 1.20 bits per heavy atom. The largest absolute Gasteiger partial charge is 0.491 e. The molecule has 0 atom stereocenters. The number of hydrogen-bond acceptors (Lipinski definition) is 5. The van der Waals surface area contributed by atoms with Crippen molar-refractivity contribution in [2.24, 2.45) is 0 Å². The molecule has 5 nitrogen and oxygen atoms in total. The summed E-state index contributed by atoms with van der Waals surface area (Å²) in [6, 6.07) is 5.93. The van der Waals surface area contributed by atoms with E-state index in [1.165, 1.54) is 6.33 Å². The first-order valence-electron chi connectivity index (χ1n) is 8.34. The van der Waals surface area contributed by atoms with Gasteiger partial charge in [-0.2, -0.15) is 0 Å². The van der Waals surface area contributed by atoms with Crippen LogP contribution in [0.15, 0.2) is 30.0 Å². The molecule has 7 heteroatoms. The molecule has 1 fully saturated rings. The molecule has 3 rings (SSSR count). The molecule has 0 aliphatic carbocycles. The zero-order valence-electron chi connectivity index (χ0n) is 15.3. The smallest absolute Gasteiger partial charge is 0.400 e. The maximum Gasteiger partial charge on any atom is 0.491 e. The SMILES string of the molecule is CNCC(=Cc1ccc2ncnc(Cl)c2c1)B1OC(C)(C)C(C)(C)O1. The van der Waals surface area contributed by atoms with Gasteiger partial charge in [-0.15, -0.1) is 0 Å². The Morgan fingerprint density at radius 2 is 1.88 bits per heavy atom. The Kier molecular flexibility index (Phi) is 4.90. The number of halogens is 1. The zero-order chi connectivity index (χ0) is 18.2. The molecule has 2 aromatic rings. The summed E-state index contributed by atoms with van der Waals surface area (Å²) in [5, 5.41) is 4.47. The minimum Gasteiger partial charge on any atom is -0.400 e. The maximum atomic E-state index is 6.20. The first kappa shape index (κ1) is 18.3. The van der Waals surface area contributed by atoms with Gasteiger partial charge in [0, 0.05) is 11.9 Å². The number of fused-ring (bicyclic) bond motifs is 1. The first-order valence-corrected chi connectivity index (χ1v) is 8.72. The molecule has 0 spiro atoms. The van der Waals surface area contributed by atoms with E-state index in [0.717, 1.165) is 21.9 Å². The van der Waals surface area contributed by atoms with Crippen molar-refractivity contribution >= 4 is 35.7 Å². The minimum atomic E-state index is -0.393. The van der Waals surface area contributed by atoms with Crippen LogP contribution < -0.4 is 5.32 Å². The molecule has 1 N–H and O–H groups in total. The third-order valence-corrected chi connectivity index (χ3v) is 5.20. The van der Waals surface area contributed by atoms with Gasteiger partial charge in [0.1, 0.15) is 11.5 Å². The molecule has 1 aliphatic rings. The van der Waals surface area contributed by atoms with Crippen molar-refractivity contribution in [3.05, 3.63) is 40.7 Å². The second kappa shape index (κ2) is 6.69. The van der Waals surface area contributed by atoms with E-state index in [0.29, 0.717) is 11.7 Å². The van der Waals surface area contributed by atoms with E-state index in [2.05, 4.69) is 49.1 Å². The van der Waals surface area contributed by atoms with Crippen LogP contribution in [0.4, 0.5) is 0 Å². The molecule has 25 heavy (non-hydrogen) atoms. The Bertz CT molecular complexity index is 807.